The van der Waals surface area contributed by atoms with E-state index in [1.807, 2.05) is 0 Å². The van der Waals surface area contributed by atoms with E-state index < -0.39 is 11.3 Å². The van der Waals surface area contributed by atoms with Gasteiger partial charge in [-0.15, -0.1) is 23.4 Å². The molecule has 0 aromatic heterocycles. The molecule has 12 heavy (non-hydrogen) atoms. The summed E-state index contributed by atoms with van der Waals surface area (Å²) in [6, 6.07) is 0. The number of hydrazone groups is 1. The smallest absolute Gasteiger partial charge is 0.324 e. The van der Waals surface area contributed by atoms with Gasteiger partial charge in [-0.25, -0.2) is 0 Å². The molecule has 0 fully saturated rings. The van der Waals surface area contributed by atoms with Crippen LogP contribution in [-0.2, 0) is 9.53 Å². The second-order valence-electron chi connectivity index (χ2n) is 1.81. The fourth-order valence-electron chi connectivity index (χ4n) is 0.471. The van der Waals surface area contributed by atoms with Gasteiger partial charge in [-0.05, 0) is 6.92 Å². The molecule has 0 aliphatic heterocycles. The lowest BCUT2D eigenvalue weighted by atomic mass is 10.5. The van der Waals surface area contributed by atoms with Crippen molar-refractivity contribution in [1.29, 1.82) is 0 Å². The summed E-state index contributed by atoms with van der Waals surface area (Å²) >= 11 is 6.91. The SMILES string of the molecule is CCOC(=O)C(Cl)CSC=NN. The van der Waals surface area contributed by atoms with Crippen molar-refractivity contribution in [3.63, 3.8) is 0 Å². The van der Waals surface area contributed by atoms with E-state index in [1.54, 1.807) is 6.92 Å². The minimum absolute atomic E-state index is 0.345. The fraction of sp³-hybridized carbons (Fsp3) is 0.667. The summed E-state index contributed by atoms with van der Waals surface area (Å²) < 4.78 is 4.67. The molecular weight excluding hydrogens is 200 g/mol. The third-order valence-corrected chi connectivity index (χ3v) is 2.23. The highest BCUT2D eigenvalue weighted by Gasteiger charge is 2.15. The normalized spacial score (nSPS) is 13.2. The Kier molecular flexibility index (Phi) is 6.99. The summed E-state index contributed by atoms with van der Waals surface area (Å²) in [4.78, 5) is 10.9. The van der Waals surface area contributed by atoms with Gasteiger partial charge in [-0.2, -0.15) is 5.10 Å². The van der Waals surface area contributed by atoms with E-state index in [9.17, 15) is 4.79 Å². The number of hydrogen-bond donors (Lipinski definition) is 1. The number of halogens is 1. The van der Waals surface area contributed by atoms with Gasteiger partial charge >= 0.3 is 5.97 Å². The third kappa shape index (κ3) is 5.26. The molecule has 0 heterocycles. The van der Waals surface area contributed by atoms with E-state index in [-0.39, 0.29) is 0 Å². The van der Waals surface area contributed by atoms with E-state index >= 15 is 0 Å². The summed E-state index contributed by atoms with van der Waals surface area (Å²) in [5.41, 5.74) is 1.43. The quantitative estimate of drug-likeness (QED) is 0.182. The van der Waals surface area contributed by atoms with Gasteiger partial charge in [0.2, 0.25) is 0 Å². The van der Waals surface area contributed by atoms with Gasteiger partial charge in [0.25, 0.3) is 0 Å². The number of rotatable bonds is 5. The van der Waals surface area contributed by atoms with Crippen LogP contribution < -0.4 is 5.84 Å². The molecule has 1 atom stereocenters. The average molecular weight is 211 g/mol. The molecule has 0 bridgehead atoms. The lowest BCUT2D eigenvalue weighted by Crippen LogP contribution is -2.20. The molecule has 2 N–H and O–H groups in total. The van der Waals surface area contributed by atoms with Crippen LogP contribution in [0.2, 0.25) is 0 Å². The van der Waals surface area contributed by atoms with Gasteiger partial charge in [0, 0.05) is 5.75 Å². The zero-order chi connectivity index (χ0) is 9.40. The lowest BCUT2D eigenvalue weighted by molar-refractivity contribution is -0.142. The summed E-state index contributed by atoms with van der Waals surface area (Å²) in [5.74, 6) is 4.85. The van der Waals surface area contributed by atoms with Crippen LogP contribution in [0.25, 0.3) is 0 Å². The van der Waals surface area contributed by atoms with E-state index in [1.165, 1.54) is 17.3 Å². The monoisotopic (exact) mass is 210 g/mol. The number of hydrogen-bond acceptors (Lipinski definition) is 5. The molecule has 0 rings (SSSR count). The number of alkyl halides is 1. The van der Waals surface area contributed by atoms with Crippen LogP contribution in [0.5, 0.6) is 0 Å². The molecule has 0 aromatic rings. The second-order valence-corrected chi connectivity index (χ2v) is 3.21. The van der Waals surface area contributed by atoms with Crippen LogP contribution in [0.3, 0.4) is 0 Å². The number of carbonyl (C=O) groups is 1. The van der Waals surface area contributed by atoms with Gasteiger partial charge in [0.1, 0.15) is 5.38 Å². The molecule has 4 nitrogen and oxygen atoms in total. The molecule has 0 aliphatic carbocycles. The first-order valence-electron chi connectivity index (χ1n) is 3.36. The Balaban J connectivity index is 3.56. The van der Waals surface area contributed by atoms with Gasteiger partial charge in [-0.1, -0.05) is 0 Å². The van der Waals surface area contributed by atoms with Gasteiger partial charge < -0.3 is 10.6 Å². The van der Waals surface area contributed by atoms with Crippen LogP contribution in [0.15, 0.2) is 5.10 Å². The molecule has 0 spiro atoms. The zero-order valence-electron chi connectivity index (χ0n) is 6.70. The molecule has 0 radical (unpaired) electrons. The maximum absolute atomic E-state index is 10.9. The summed E-state index contributed by atoms with van der Waals surface area (Å²) in [6.45, 7) is 2.08. The standard InChI is InChI=1S/C6H11ClN2O2S/c1-2-11-6(10)5(7)3-12-4-9-8/h4-5H,2-3,8H2,1H3. The summed E-state index contributed by atoms with van der Waals surface area (Å²) in [7, 11) is 0. The minimum Gasteiger partial charge on any atom is -0.465 e. The first kappa shape index (κ1) is 11.6. The van der Waals surface area contributed by atoms with Gasteiger partial charge in [-0.3, -0.25) is 4.79 Å². The van der Waals surface area contributed by atoms with Crippen LogP contribution >= 0.6 is 23.4 Å². The van der Waals surface area contributed by atoms with E-state index in [4.69, 9.17) is 17.4 Å². The Morgan fingerprint density at radius 1 is 1.92 bits per heavy atom. The Labute approximate surface area is 80.5 Å². The summed E-state index contributed by atoms with van der Waals surface area (Å²) in [5, 5.41) is 2.61. The van der Waals surface area contributed by atoms with Crippen molar-refractivity contribution in [1.82, 2.24) is 0 Å². The Bertz CT molecular complexity index is 166. The molecule has 0 saturated heterocycles. The zero-order valence-corrected chi connectivity index (χ0v) is 8.27. The topological polar surface area (TPSA) is 64.7 Å². The van der Waals surface area contributed by atoms with Crippen molar-refractivity contribution in [2.45, 2.75) is 12.3 Å². The van der Waals surface area contributed by atoms with Crippen LogP contribution in [0.1, 0.15) is 6.92 Å². The van der Waals surface area contributed by atoms with Crippen LogP contribution in [-0.4, -0.2) is 29.3 Å². The Hall–Kier alpha value is -0.420. The van der Waals surface area contributed by atoms with Crippen LogP contribution in [0.4, 0.5) is 0 Å². The predicted octanol–water partition coefficient (Wildman–Crippen LogP) is 0.792. The largest absolute Gasteiger partial charge is 0.465 e. The Morgan fingerprint density at radius 3 is 3.08 bits per heavy atom. The number of nitrogens with zero attached hydrogens (tertiary/aromatic N) is 1. The molecule has 6 heteroatoms. The fourth-order valence-corrected chi connectivity index (χ4v) is 1.23. The van der Waals surface area contributed by atoms with Crippen LogP contribution in [0, 0.1) is 0 Å². The van der Waals surface area contributed by atoms with Crippen molar-refractivity contribution in [2.75, 3.05) is 12.4 Å². The van der Waals surface area contributed by atoms with Crippen molar-refractivity contribution >= 4 is 34.9 Å². The molecule has 0 saturated carbocycles. The van der Waals surface area contributed by atoms with Gasteiger partial charge in [0.15, 0.2) is 0 Å². The van der Waals surface area contributed by atoms with E-state index in [0.717, 1.165) is 0 Å². The molecule has 1 unspecified atom stereocenters. The highest BCUT2D eigenvalue weighted by molar-refractivity contribution is 8.12. The lowest BCUT2D eigenvalue weighted by Gasteiger charge is -2.05. The van der Waals surface area contributed by atoms with Gasteiger partial charge in [0.05, 0.1) is 12.2 Å². The maximum atomic E-state index is 10.9. The first-order valence-corrected chi connectivity index (χ1v) is 4.85. The molecular formula is C6H11ClN2O2S. The average Bonchev–Trinajstić information content (AvgIpc) is 2.05. The molecule has 0 amide bonds. The number of ether oxygens (including phenoxy) is 1. The molecule has 0 aliphatic rings. The van der Waals surface area contributed by atoms with Crippen molar-refractivity contribution in [3.05, 3.63) is 0 Å². The number of nitrogens with two attached hydrogens (primary N) is 1. The molecule has 0 aromatic carbocycles. The second kappa shape index (κ2) is 7.24. The van der Waals surface area contributed by atoms with Crippen molar-refractivity contribution < 1.29 is 9.53 Å². The van der Waals surface area contributed by atoms with Crippen molar-refractivity contribution in [2.24, 2.45) is 10.9 Å². The van der Waals surface area contributed by atoms with Crippen molar-refractivity contribution in [3.8, 4) is 0 Å². The Morgan fingerprint density at radius 2 is 2.58 bits per heavy atom. The third-order valence-electron chi connectivity index (χ3n) is 0.920. The number of esters is 1. The summed E-state index contributed by atoms with van der Waals surface area (Å²) in [6.07, 6.45) is 0. The highest BCUT2D eigenvalue weighted by Crippen LogP contribution is 2.07. The predicted molar refractivity (Wildman–Crippen MR) is 51.4 cm³/mol. The highest BCUT2D eigenvalue weighted by atomic mass is 35.5. The number of thioether (sulfide) groups is 1. The minimum atomic E-state index is -0.632. The number of carbonyl (C=O) groups excluding carboxylic acids is 1. The molecule has 70 valence electrons. The van der Waals surface area contributed by atoms with E-state index in [0.29, 0.717) is 12.4 Å². The maximum Gasteiger partial charge on any atom is 0.324 e. The van der Waals surface area contributed by atoms with E-state index in [2.05, 4.69) is 9.84 Å². The first-order chi connectivity index (χ1) is 5.72.